The Hall–Kier alpha value is -1.79. The second kappa shape index (κ2) is 5.78. The van der Waals surface area contributed by atoms with E-state index in [2.05, 4.69) is 4.47 Å². The monoisotopic (exact) mass is 358 g/mol. The Morgan fingerprint density at radius 2 is 1.23 bits per heavy atom. The maximum Gasteiger partial charge on any atom is 0.418 e. The Morgan fingerprint density at radius 1 is 0.818 bits per heavy atom. The number of rotatable bonds is 2. The van der Waals surface area contributed by atoms with E-state index >= 15 is 0 Å². The van der Waals surface area contributed by atoms with Crippen LogP contribution in [0.5, 0.6) is 0 Å². The van der Waals surface area contributed by atoms with Crippen LogP contribution in [0.25, 0.3) is 0 Å². The quantitative estimate of drug-likeness (QED) is 0.626. The highest BCUT2D eigenvalue weighted by atomic mass is 32.1. The van der Waals surface area contributed by atoms with Crippen molar-refractivity contribution in [1.82, 2.24) is 0 Å². The zero-order valence-corrected chi connectivity index (χ0v) is 10.6. The summed E-state index contributed by atoms with van der Waals surface area (Å²) in [6.45, 7) is 0. The molecule has 0 amide bonds. The molecule has 0 saturated heterocycles. The molecular weight excluding hydrogens is 355 g/mol. The summed E-state index contributed by atoms with van der Waals surface area (Å²) in [7, 11) is 0. The molecule has 13 heteroatoms. The molecule has 0 aromatic heterocycles. The van der Waals surface area contributed by atoms with Gasteiger partial charge in [-0.05, 0) is 12.1 Å². The molecule has 0 saturated carbocycles. The second-order valence-electron chi connectivity index (χ2n) is 3.72. The first kappa shape index (κ1) is 18.3. The Labute approximate surface area is 119 Å². The van der Waals surface area contributed by atoms with Gasteiger partial charge in [-0.2, -0.15) is 43.7 Å². The zero-order chi connectivity index (χ0) is 17.3. The van der Waals surface area contributed by atoms with E-state index in [1.165, 1.54) is 5.43 Å². The fraction of sp³-hybridized carbons (Fsp3) is 0.333. The fourth-order valence-electron chi connectivity index (χ4n) is 1.44. The number of halogens is 9. The van der Waals surface area contributed by atoms with Crippen molar-refractivity contribution >= 4 is 17.2 Å². The fourth-order valence-corrected chi connectivity index (χ4v) is 1.57. The van der Waals surface area contributed by atoms with E-state index in [-0.39, 0.29) is 0 Å². The van der Waals surface area contributed by atoms with Crippen molar-refractivity contribution in [2.75, 3.05) is 5.43 Å². The lowest BCUT2D eigenvalue weighted by molar-refractivity contribution is -0.147. The van der Waals surface area contributed by atoms with Gasteiger partial charge in [-0.1, -0.05) is 4.47 Å². The smallest absolute Gasteiger partial charge is 0.264 e. The van der Waals surface area contributed by atoms with Crippen molar-refractivity contribution in [2.45, 2.75) is 18.5 Å². The third-order valence-electron chi connectivity index (χ3n) is 2.27. The number of alkyl halides is 9. The topological polar surface area (TPSA) is 41.5 Å². The van der Waals surface area contributed by atoms with Crippen LogP contribution in [0.4, 0.5) is 45.2 Å². The molecule has 1 aromatic carbocycles. The Bertz CT molecular complexity index is 578. The summed E-state index contributed by atoms with van der Waals surface area (Å²) in [6, 6.07) is -0.995. The summed E-state index contributed by atoms with van der Waals surface area (Å²) >= 11 is -0.748. The second-order valence-corrected chi connectivity index (χ2v) is 4.05. The number of anilines is 1. The van der Waals surface area contributed by atoms with Crippen molar-refractivity contribution in [3.05, 3.63) is 28.8 Å². The lowest BCUT2D eigenvalue weighted by Crippen LogP contribution is -2.18. The Balaban J connectivity index is 3.81. The van der Waals surface area contributed by atoms with Gasteiger partial charge in [-0.15, -0.1) is 0 Å². The maximum atomic E-state index is 12.7. The van der Waals surface area contributed by atoms with Crippen LogP contribution in [0.15, 0.2) is 16.6 Å². The molecule has 0 heterocycles. The minimum Gasteiger partial charge on any atom is -0.264 e. The van der Waals surface area contributed by atoms with Crippen molar-refractivity contribution in [1.29, 1.82) is 0 Å². The van der Waals surface area contributed by atoms with Gasteiger partial charge in [0, 0.05) is 0 Å². The van der Waals surface area contributed by atoms with E-state index in [1.807, 2.05) is 0 Å². The van der Waals surface area contributed by atoms with E-state index in [9.17, 15) is 43.7 Å². The predicted octanol–water partition coefficient (Wildman–Crippen LogP) is 4.47. The summed E-state index contributed by atoms with van der Waals surface area (Å²) in [4.78, 5) is 0. The zero-order valence-electron chi connectivity index (χ0n) is 9.82. The summed E-state index contributed by atoms with van der Waals surface area (Å²) < 4.78 is 126. The molecule has 1 aromatic rings. The molecule has 1 N–H and O–H groups in total. The van der Waals surface area contributed by atoms with Crippen LogP contribution in [0.3, 0.4) is 0 Å². The van der Waals surface area contributed by atoms with E-state index in [0.717, 1.165) is 0 Å². The summed E-state index contributed by atoms with van der Waals surface area (Å²) in [5.74, 6) is 0. The maximum absolute atomic E-state index is 12.7. The number of nitrogens with one attached hydrogen (secondary N) is 1. The molecular formula is C9H3F9N2OS. The standard InChI is InChI=1S/C9H3F9N2OS/c10-7(11,12)3-1-4(8(13,14)15)6(19-20-22-21)5(2-3)9(16,17)18/h1-2,19H. The highest BCUT2D eigenvalue weighted by Gasteiger charge is 2.45. The van der Waals surface area contributed by atoms with Gasteiger partial charge in [0.1, 0.15) is 0 Å². The van der Waals surface area contributed by atoms with Crippen molar-refractivity contribution in [3.63, 3.8) is 0 Å². The third kappa shape index (κ3) is 4.11. The Kier molecular flexibility index (Phi) is 4.79. The van der Waals surface area contributed by atoms with Crippen LogP contribution in [0, 0.1) is 0 Å². The van der Waals surface area contributed by atoms with Crippen molar-refractivity contribution in [2.24, 2.45) is 4.47 Å². The molecule has 0 bridgehead atoms. The van der Waals surface area contributed by atoms with E-state index in [0.29, 0.717) is 0 Å². The van der Waals surface area contributed by atoms with Crippen LogP contribution >= 0.6 is 0 Å². The van der Waals surface area contributed by atoms with E-state index < -0.39 is 64.5 Å². The van der Waals surface area contributed by atoms with Crippen LogP contribution in [-0.4, -0.2) is 4.21 Å². The largest absolute Gasteiger partial charge is 0.418 e. The molecule has 0 aliphatic heterocycles. The van der Waals surface area contributed by atoms with Gasteiger partial charge in [0.15, 0.2) is 0 Å². The SMILES string of the molecule is O=S=NNc1c(C(F)(F)F)cc(C(F)(F)F)cc1C(F)(F)F. The number of nitrogens with zero attached hydrogens (tertiary/aromatic N) is 1. The minimum atomic E-state index is -5.54. The highest BCUT2D eigenvalue weighted by molar-refractivity contribution is 7.54. The molecule has 0 aliphatic carbocycles. The molecule has 124 valence electrons. The first-order valence-corrected chi connectivity index (χ1v) is 5.63. The first-order valence-electron chi connectivity index (χ1n) is 4.93. The average molecular weight is 358 g/mol. The first-order chi connectivity index (χ1) is 9.78. The average Bonchev–Trinajstić information content (AvgIpc) is 2.31. The Morgan fingerprint density at radius 3 is 1.50 bits per heavy atom. The number of benzene rings is 1. The van der Waals surface area contributed by atoms with Gasteiger partial charge in [0.05, 0.1) is 22.4 Å². The molecule has 0 spiro atoms. The molecule has 0 aliphatic rings. The lowest BCUT2D eigenvalue weighted by atomic mass is 10.0. The van der Waals surface area contributed by atoms with E-state index in [1.54, 1.807) is 0 Å². The molecule has 0 atom stereocenters. The molecule has 0 fully saturated rings. The van der Waals surface area contributed by atoms with E-state index in [4.69, 9.17) is 0 Å². The van der Waals surface area contributed by atoms with Crippen LogP contribution < -0.4 is 5.43 Å². The molecule has 1 rings (SSSR count). The van der Waals surface area contributed by atoms with Crippen molar-refractivity contribution < 1.29 is 43.7 Å². The third-order valence-corrected chi connectivity index (χ3v) is 2.44. The summed E-state index contributed by atoms with van der Waals surface area (Å²) in [5, 5.41) is 0. The van der Waals surface area contributed by atoms with Crippen LogP contribution in [0.1, 0.15) is 16.7 Å². The van der Waals surface area contributed by atoms with Gasteiger partial charge in [-0.3, -0.25) is 5.43 Å². The molecule has 0 radical (unpaired) electrons. The summed E-state index contributed by atoms with van der Waals surface area (Å²) in [6.07, 6.45) is -16.5. The van der Waals surface area contributed by atoms with Gasteiger partial charge in [-0.25, -0.2) is 0 Å². The lowest BCUT2D eigenvalue weighted by Gasteiger charge is -2.20. The van der Waals surface area contributed by atoms with Crippen molar-refractivity contribution in [3.8, 4) is 0 Å². The molecule has 22 heavy (non-hydrogen) atoms. The summed E-state index contributed by atoms with van der Waals surface area (Å²) in [5.41, 5.74) is -7.21. The predicted molar refractivity (Wildman–Crippen MR) is 55.6 cm³/mol. The van der Waals surface area contributed by atoms with Gasteiger partial charge in [0.25, 0.3) is 0 Å². The molecule has 0 unspecified atom stereocenters. The normalized spacial score (nSPS) is 13.0. The van der Waals surface area contributed by atoms with Gasteiger partial charge >= 0.3 is 18.5 Å². The molecule has 3 nitrogen and oxygen atoms in total. The van der Waals surface area contributed by atoms with Gasteiger partial charge < -0.3 is 0 Å². The number of hydrogen-bond acceptors (Lipinski definition) is 2. The van der Waals surface area contributed by atoms with Crippen LogP contribution in [0.2, 0.25) is 0 Å². The highest BCUT2D eigenvalue weighted by Crippen LogP contribution is 2.46. The van der Waals surface area contributed by atoms with Gasteiger partial charge in [0.2, 0.25) is 11.5 Å². The number of hydrogen-bond donors (Lipinski definition) is 1. The van der Waals surface area contributed by atoms with Crippen LogP contribution in [-0.2, 0) is 30.0 Å². The minimum absolute atomic E-state index is 0.497.